The van der Waals surface area contributed by atoms with Crippen molar-refractivity contribution in [2.24, 2.45) is 28.1 Å². The number of fused-ring (bicyclic) bond motifs is 3. The van der Waals surface area contributed by atoms with Gasteiger partial charge >= 0.3 is 5.97 Å². The molecule has 2 heteroatoms. The van der Waals surface area contributed by atoms with Crippen molar-refractivity contribution in [2.75, 3.05) is 0 Å². The van der Waals surface area contributed by atoms with Gasteiger partial charge in [-0.15, -0.1) is 6.58 Å². The van der Waals surface area contributed by atoms with Crippen molar-refractivity contribution in [1.29, 1.82) is 0 Å². The molecule has 3 aliphatic rings. The third-order valence-electron chi connectivity index (χ3n) is 7.43. The fourth-order valence-corrected chi connectivity index (χ4v) is 5.86. The summed E-state index contributed by atoms with van der Waals surface area (Å²) < 4.78 is 0. The molecular formula is C20H30O2. The molecule has 122 valence electrons. The Bertz CT molecular complexity index is 534. The van der Waals surface area contributed by atoms with Crippen LogP contribution >= 0.6 is 0 Å². The summed E-state index contributed by atoms with van der Waals surface area (Å²) in [5.41, 5.74) is 1.43. The minimum absolute atomic E-state index is 0.165. The van der Waals surface area contributed by atoms with Gasteiger partial charge in [0.1, 0.15) is 0 Å². The van der Waals surface area contributed by atoms with Crippen molar-refractivity contribution in [3.63, 3.8) is 0 Å². The molecule has 0 aromatic carbocycles. The Balaban J connectivity index is 1.98. The zero-order valence-corrected chi connectivity index (χ0v) is 14.3. The van der Waals surface area contributed by atoms with Crippen molar-refractivity contribution in [3.8, 4) is 0 Å². The van der Waals surface area contributed by atoms with Gasteiger partial charge in [-0.3, -0.25) is 4.79 Å². The molecule has 3 aliphatic carbocycles. The lowest BCUT2D eigenvalue weighted by Crippen LogP contribution is -2.53. The largest absolute Gasteiger partial charge is 0.481 e. The molecule has 0 aliphatic heterocycles. The number of hydrogen-bond donors (Lipinski definition) is 1. The first-order valence-electron chi connectivity index (χ1n) is 8.81. The van der Waals surface area contributed by atoms with E-state index >= 15 is 0 Å². The van der Waals surface area contributed by atoms with Crippen molar-refractivity contribution >= 4 is 5.97 Å². The van der Waals surface area contributed by atoms with E-state index in [2.05, 4.69) is 32.6 Å². The van der Waals surface area contributed by atoms with E-state index < -0.39 is 11.4 Å². The summed E-state index contributed by atoms with van der Waals surface area (Å²) in [6.45, 7) is 10.7. The van der Waals surface area contributed by atoms with Crippen LogP contribution in [0.3, 0.4) is 0 Å². The number of aliphatic carboxylic acids is 1. The highest BCUT2D eigenvalue weighted by atomic mass is 16.4. The predicted octanol–water partition coefficient (Wildman–Crippen LogP) is 5.21. The van der Waals surface area contributed by atoms with E-state index in [-0.39, 0.29) is 16.7 Å². The summed E-state index contributed by atoms with van der Waals surface area (Å²) in [4.78, 5) is 11.9. The molecule has 22 heavy (non-hydrogen) atoms. The van der Waals surface area contributed by atoms with Gasteiger partial charge in [0.05, 0.1) is 5.41 Å². The van der Waals surface area contributed by atoms with Crippen LogP contribution in [-0.4, -0.2) is 11.1 Å². The molecule has 2 fully saturated rings. The number of carboxylic acids is 1. The van der Waals surface area contributed by atoms with Crippen LogP contribution in [0, 0.1) is 28.1 Å². The maximum Gasteiger partial charge on any atom is 0.309 e. The molecule has 0 aromatic heterocycles. The lowest BCUT2D eigenvalue weighted by molar-refractivity contribution is -0.163. The topological polar surface area (TPSA) is 37.3 Å². The van der Waals surface area contributed by atoms with E-state index in [1.807, 2.05) is 6.92 Å². The predicted molar refractivity (Wildman–Crippen MR) is 89.5 cm³/mol. The Hall–Kier alpha value is -1.05. The number of carboxylic acid groups (broad SMARTS) is 1. The SMILES string of the molecule is C=C[C@@]1(C)CC[C@H]2C(=CCC3[C@](C)(C(=O)O)CCC[C@@]32C)C1. The van der Waals surface area contributed by atoms with Gasteiger partial charge in [0.25, 0.3) is 0 Å². The van der Waals surface area contributed by atoms with Crippen LogP contribution in [0.2, 0.25) is 0 Å². The molecule has 0 bridgehead atoms. The molecule has 1 N–H and O–H groups in total. The van der Waals surface area contributed by atoms with Gasteiger partial charge in [0.2, 0.25) is 0 Å². The lowest BCUT2D eigenvalue weighted by atomic mass is 9.45. The standard InChI is InChI=1S/C20H30O2/c1-5-18(2)12-9-15-14(13-18)7-8-16-19(15,3)10-6-11-20(16,4)17(21)22/h5,7,15-16H,1,6,8-13H2,2-4H3,(H,21,22)/t15-,16?,18-,19+,20+/m0/s1. The molecule has 0 aromatic rings. The Morgan fingerprint density at radius 2 is 2.05 bits per heavy atom. The summed E-state index contributed by atoms with van der Waals surface area (Å²) in [5.74, 6) is 0.276. The fourth-order valence-electron chi connectivity index (χ4n) is 5.86. The smallest absolute Gasteiger partial charge is 0.309 e. The van der Waals surface area contributed by atoms with Crippen LogP contribution in [0.25, 0.3) is 0 Å². The number of allylic oxidation sites excluding steroid dienone is 3. The van der Waals surface area contributed by atoms with Gasteiger partial charge in [-0.05, 0) is 68.1 Å². The quantitative estimate of drug-likeness (QED) is 0.711. The summed E-state index contributed by atoms with van der Waals surface area (Å²) >= 11 is 0. The van der Waals surface area contributed by atoms with Crippen LogP contribution in [-0.2, 0) is 4.79 Å². The Labute approximate surface area is 134 Å². The molecular weight excluding hydrogens is 272 g/mol. The van der Waals surface area contributed by atoms with E-state index in [0.29, 0.717) is 5.92 Å². The van der Waals surface area contributed by atoms with Crippen molar-refractivity contribution < 1.29 is 9.90 Å². The van der Waals surface area contributed by atoms with Crippen LogP contribution in [0.4, 0.5) is 0 Å². The minimum Gasteiger partial charge on any atom is -0.481 e. The summed E-state index contributed by atoms with van der Waals surface area (Å²) in [7, 11) is 0. The van der Waals surface area contributed by atoms with Gasteiger partial charge in [-0.2, -0.15) is 0 Å². The van der Waals surface area contributed by atoms with Gasteiger partial charge in [0, 0.05) is 0 Å². The number of carbonyl (C=O) groups is 1. The minimum atomic E-state index is -0.591. The summed E-state index contributed by atoms with van der Waals surface area (Å²) in [6.07, 6.45) is 12.0. The number of hydrogen-bond acceptors (Lipinski definition) is 1. The maximum absolute atomic E-state index is 11.9. The van der Waals surface area contributed by atoms with E-state index in [0.717, 1.165) is 25.7 Å². The molecule has 1 unspecified atom stereocenters. The second-order valence-corrected chi connectivity index (χ2v) is 8.78. The molecule has 0 amide bonds. The highest BCUT2D eigenvalue weighted by molar-refractivity contribution is 5.75. The Kier molecular flexibility index (Phi) is 3.58. The van der Waals surface area contributed by atoms with Crippen LogP contribution in [0.1, 0.15) is 65.7 Å². The molecule has 0 radical (unpaired) electrons. The third kappa shape index (κ3) is 2.10. The zero-order chi connectivity index (χ0) is 16.2. The molecule has 5 atom stereocenters. The highest BCUT2D eigenvalue weighted by Gasteiger charge is 2.58. The second-order valence-electron chi connectivity index (χ2n) is 8.78. The molecule has 0 spiro atoms. The summed E-state index contributed by atoms with van der Waals surface area (Å²) in [6, 6.07) is 0. The Morgan fingerprint density at radius 3 is 2.68 bits per heavy atom. The first-order chi connectivity index (χ1) is 10.3. The van der Waals surface area contributed by atoms with Crippen molar-refractivity contribution in [3.05, 3.63) is 24.3 Å². The van der Waals surface area contributed by atoms with Gasteiger partial charge in [-0.25, -0.2) is 0 Å². The first kappa shape index (κ1) is 15.8. The van der Waals surface area contributed by atoms with E-state index in [1.54, 1.807) is 5.57 Å². The van der Waals surface area contributed by atoms with E-state index in [9.17, 15) is 9.90 Å². The molecule has 2 nitrogen and oxygen atoms in total. The maximum atomic E-state index is 11.9. The molecule has 0 heterocycles. The van der Waals surface area contributed by atoms with Gasteiger partial charge in [-0.1, -0.05) is 38.0 Å². The van der Waals surface area contributed by atoms with Crippen molar-refractivity contribution in [2.45, 2.75) is 65.7 Å². The first-order valence-corrected chi connectivity index (χ1v) is 8.81. The number of rotatable bonds is 2. The second kappa shape index (κ2) is 4.97. The Morgan fingerprint density at radius 1 is 1.32 bits per heavy atom. The third-order valence-corrected chi connectivity index (χ3v) is 7.43. The van der Waals surface area contributed by atoms with Crippen LogP contribution < -0.4 is 0 Å². The summed E-state index contributed by atoms with van der Waals surface area (Å²) in [5, 5.41) is 9.83. The zero-order valence-electron chi connectivity index (χ0n) is 14.3. The molecule has 2 saturated carbocycles. The average Bonchev–Trinajstić information content (AvgIpc) is 2.46. The normalized spacial score (nSPS) is 47.9. The van der Waals surface area contributed by atoms with E-state index in [4.69, 9.17) is 0 Å². The van der Waals surface area contributed by atoms with Gasteiger partial charge < -0.3 is 5.11 Å². The monoisotopic (exact) mass is 302 g/mol. The lowest BCUT2D eigenvalue weighted by Gasteiger charge is -2.58. The van der Waals surface area contributed by atoms with Crippen molar-refractivity contribution in [1.82, 2.24) is 0 Å². The van der Waals surface area contributed by atoms with E-state index in [1.165, 1.54) is 19.3 Å². The molecule has 3 rings (SSSR count). The average molecular weight is 302 g/mol. The van der Waals surface area contributed by atoms with Gasteiger partial charge in [0.15, 0.2) is 0 Å². The highest BCUT2D eigenvalue weighted by Crippen LogP contribution is 2.63. The van der Waals surface area contributed by atoms with Crippen LogP contribution in [0.15, 0.2) is 24.3 Å². The van der Waals surface area contributed by atoms with Crippen LogP contribution in [0.5, 0.6) is 0 Å². The molecule has 0 saturated heterocycles. The fraction of sp³-hybridized carbons (Fsp3) is 0.750.